The number of imidazole rings is 2. The van der Waals surface area contributed by atoms with Gasteiger partial charge in [0, 0.05) is 30.7 Å². The van der Waals surface area contributed by atoms with Crippen molar-refractivity contribution in [2.24, 2.45) is 10.9 Å². The fraction of sp³-hybridized carbons (Fsp3) is 0.190. The van der Waals surface area contributed by atoms with E-state index in [1.807, 2.05) is 89.4 Å². The van der Waals surface area contributed by atoms with Crippen molar-refractivity contribution < 1.29 is 9.47 Å². The summed E-state index contributed by atoms with van der Waals surface area (Å²) in [6.45, 7) is 15.9. The first-order valence-corrected chi connectivity index (χ1v) is 26.0. The second-order valence-electron chi connectivity index (χ2n) is 17.4. The summed E-state index contributed by atoms with van der Waals surface area (Å²) in [5, 5.41) is 0. The van der Waals surface area contributed by atoms with Gasteiger partial charge in [-0.3, -0.25) is 4.99 Å². The van der Waals surface area contributed by atoms with Crippen LogP contribution in [0.1, 0.15) is 40.3 Å². The number of benzene rings is 5. The number of nitrogens with one attached hydrogen (secondary N) is 1. The molecule has 0 radical (unpaired) electrons. The lowest BCUT2D eigenvalue weighted by molar-refractivity contribution is 0.171. The largest absolute Gasteiger partial charge is 0.486 e. The van der Waals surface area contributed by atoms with E-state index in [1.165, 1.54) is 60.1 Å². The highest BCUT2D eigenvalue weighted by Crippen LogP contribution is 2.30. The maximum Gasteiger partial charge on any atom is 0.161 e. The van der Waals surface area contributed by atoms with Crippen LogP contribution in [0.15, 0.2) is 180 Å². The number of fused-ring (bicyclic) bond motifs is 7. The van der Waals surface area contributed by atoms with Crippen molar-refractivity contribution in [1.82, 2.24) is 38.1 Å². The Kier molecular flexibility index (Phi) is 17.6. The molecule has 14 rings (SSSR count). The van der Waals surface area contributed by atoms with Gasteiger partial charge in [0.15, 0.2) is 11.5 Å². The van der Waals surface area contributed by atoms with Crippen molar-refractivity contribution in [3.63, 3.8) is 0 Å². The van der Waals surface area contributed by atoms with E-state index in [4.69, 9.17) is 9.47 Å². The predicted octanol–water partition coefficient (Wildman–Crippen LogP) is 14.6. The minimum atomic E-state index is 0.365. The summed E-state index contributed by atoms with van der Waals surface area (Å²) >= 11 is 4.64. The number of aromatic nitrogens is 8. The van der Waals surface area contributed by atoms with Gasteiger partial charge in [0.1, 0.15) is 29.9 Å². The smallest absolute Gasteiger partial charge is 0.161 e. The van der Waals surface area contributed by atoms with Gasteiger partial charge in [-0.15, -0.1) is 22.7 Å². The Labute approximate surface area is 432 Å². The molecule has 5 aromatic carbocycles. The summed E-state index contributed by atoms with van der Waals surface area (Å²) in [6, 6.07) is 35.3. The SMILES string of the molecule is CC1=CC2C=CC=NC2C=C1.Cc1ccc2c(c1)OCCO2.Cc1ccc2nc[nH]c2c1.Cc1ccc2nccn2c1.Cc1ccc2ncsc2c1.Cc1ccc2nsnc2c1.Cc1ccc2scnc2c1. The molecule has 14 heteroatoms. The van der Waals surface area contributed by atoms with Crippen LogP contribution in [0.4, 0.5) is 0 Å². The zero-order chi connectivity index (χ0) is 50.2. The van der Waals surface area contributed by atoms with E-state index in [-0.39, 0.29) is 0 Å². The van der Waals surface area contributed by atoms with Crippen LogP contribution in [0, 0.1) is 47.5 Å². The first kappa shape index (κ1) is 50.7. The van der Waals surface area contributed by atoms with Crippen LogP contribution in [-0.2, 0) is 0 Å². The summed E-state index contributed by atoms with van der Waals surface area (Å²) < 4.78 is 23.5. The van der Waals surface area contributed by atoms with Gasteiger partial charge in [-0.05, 0) is 155 Å². The van der Waals surface area contributed by atoms with Gasteiger partial charge in [-0.25, -0.2) is 19.9 Å². The minimum absolute atomic E-state index is 0.365. The molecule has 2 unspecified atom stereocenters. The van der Waals surface area contributed by atoms with E-state index >= 15 is 0 Å². The normalized spacial score (nSPS) is 14.6. The maximum atomic E-state index is 5.38. The van der Waals surface area contributed by atoms with Gasteiger partial charge in [0.2, 0.25) is 0 Å². The fourth-order valence-electron chi connectivity index (χ4n) is 7.54. The molecular weight excluding hydrogens is 951 g/mol. The third kappa shape index (κ3) is 14.5. The summed E-state index contributed by atoms with van der Waals surface area (Å²) in [5.41, 5.74) is 20.0. The second kappa shape index (κ2) is 25.0. The van der Waals surface area contributed by atoms with Crippen molar-refractivity contribution in [3.8, 4) is 11.5 Å². The monoisotopic (exact) mass is 1010 g/mol. The van der Waals surface area contributed by atoms with Crippen molar-refractivity contribution in [2.75, 3.05) is 13.2 Å². The maximum absolute atomic E-state index is 5.38. The number of H-pyrrole nitrogens is 1. The molecule has 2 aliphatic heterocycles. The molecule has 2 atom stereocenters. The zero-order valence-corrected chi connectivity index (χ0v) is 43.9. The van der Waals surface area contributed by atoms with Crippen LogP contribution in [0.5, 0.6) is 11.5 Å². The van der Waals surface area contributed by atoms with Crippen LogP contribution in [0.25, 0.3) is 48.1 Å². The molecule has 0 bridgehead atoms. The summed E-state index contributed by atoms with van der Waals surface area (Å²) in [6.07, 6.45) is 20.2. The van der Waals surface area contributed by atoms with Crippen molar-refractivity contribution in [2.45, 2.75) is 54.5 Å². The number of hydrogen-bond acceptors (Lipinski definition) is 12. The number of rotatable bonds is 0. The number of pyridine rings is 1. The number of nitrogens with zero attached hydrogens (tertiary/aromatic N) is 8. The Morgan fingerprint density at radius 2 is 1.22 bits per heavy atom. The molecule has 72 heavy (non-hydrogen) atoms. The number of dihydropyridines is 1. The van der Waals surface area contributed by atoms with E-state index in [1.54, 1.807) is 35.2 Å². The third-order valence-corrected chi connectivity index (χ3v) is 13.4. The van der Waals surface area contributed by atoms with Gasteiger partial charge < -0.3 is 18.9 Å². The van der Waals surface area contributed by atoms with Gasteiger partial charge in [-0.2, -0.15) is 8.75 Å². The average molecular weight is 1010 g/mol. The Morgan fingerprint density at radius 3 is 2.06 bits per heavy atom. The number of hydrogen-bond donors (Lipinski definition) is 1. The fourth-order valence-corrected chi connectivity index (χ4v) is 9.49. The molecule has 8 heterocycles. The first-order chi connectivity index (χ1) is 35.0. The standard InChI is InChI=1S/C10H11N.C9H10O2.2C8H8N2.2C8H7NS.C7H6N2S/c1-8-4-5-10-9(7-8)3-2-6-11-10;1-7-2-3-8-9(6-7)11-5-4-10-8;1-6-2-3-7-8(4-6)10-5-9-7;1-7-2-3-8-9-4-5-10(8)6-7;1-6-2-3-8-7(4-6)9-5-10-8;1-6-2-3-7-8(4-6)10-5-9-7;1-5-2-3-6-7(4-5)9-10-8-6/h2-7,9-10H,1H3;2-3,6H,4-5H2,1H3;2-5H,1H3,(H,9,10);2-6H,1H3;2*2-5H,1H3;2-4H,1H3. The molecule has 0 saturated carbocycles. The lowest BCUT2D eigenvalue weighted by atomic mass is 9.91. The van der Waals surface area contributed by atoms with Crippen molar-refractivity contribution in [3.05, 3.63) is 208 Å². The average Bonchev–Trinajstić information content (AvgIpc) is 4.26. The van der Waals surface area contributed by atoms with E-state index < -0.39 is 0 Å². The van der Waals surface area contributed by atoms with E-state index in [0.717, 1.165) is 50.2 Å². The molecule has 0 amide bonds. The van der Waals surface area contributed by atoms with Crippen molar-refractivity contribution in [1.29, 1.82) is 0 Å². The topological polar surface area (TPSA) is 128 Å². The molecular formula is C58H57N9O2S3. The van der Waals surface area contributed by atoms with Gasteiger partial charge >= 0.3 is 0 Å². The Balaban J connectivity index is 0.000000112. The van der Waals surface area contributed by atoms with Gasteiger partial charge in [0.05, 0.1) is 66.6 Å². The summed E-state index contributed by atoms with van der Waals surface area (Å²) in [4.78, 5) is 24.0. The van der Waals surface area contributed by atoms with Gasteiger partial charge in [-0.1, -0.05) is 66.3 Å². The second-order valence-corrected chi connectivity index (χ2v) is 19.7. The van der Waals surface area contributed by atoms with E-state index in [0.29, 0.717) is 25.2 Å². The zero-order valence-electron chi connectivity index (χ0n) is 41.4. The van der Waals surface area contributed by atoms with Crippen LogP contribution in [-0.4, -0.2) is 63.5 Å². The number of aromatic amines is 1. The lowest BCUT2D eigenvalue weighted by Gasteiger charge is -2.20. The quantitative estimate of drug-likeness (QED) is 0.159. The highest BCUT2D eigenvalue weighted by molar-refractivity contribution is 7.17. The summed E-state index contributed by atoms with van der Waals surface area (Å²) in [5.74, 6) is 2.24. The van der Waals surface area contributed by atoms with E-state index in [9.17, 15) is 0 Å². The predicted molar refractivity (Wildman–Crippen MR) is 302 cm³/mol. The van der Waals surface area contributed by atoms with E-state index in [2.05, 4.69) is 165 Å². The molecule has 0 fully saturated rings. The Hall–Kier alpha value is -7.65. The highest BCUT2D eigenvalue weighted by Gasteiger charge is 2.17. The van der Waals surface area contributed by atoms with Crippen LogP contribution >= 0.6 is 34.4 Å². The van der Waals surface area contributed by atoms with Gasteiger partial charge in [0.25, 0.3) is 0 Å². The number of ether oxygens (including phenoxy) is 2. The third-order valence-electron chi connectivity index (χ3n) is 11.3. The van der Waals surface area contributed by atoms with Crippen LogP contribution in [0.3, 0.4) is 0 Å². The molecule has 0 spiro atoms. The number of aryl methyl sites for hydroxylation is 6. The molecule has 364 valence electrons. The molecule has 11 nitrogen and oxygen atoms in total. The lowest BCUT2D eigenvalue weighted by Crippen LogP contribution is -2.17. The molecule has 0 saturated heterocycles. The molecule has 6 aromatic heterocycles. The summed E-state index contributed by atoms with van der Waals surface area (Å²) in [7, 11) is 0. The first-order valence-electron chi connectivity index (χ1n) is 23.5. The highest BCUT2D eigenvalue weighted by atomic mass is 32.1. The van der Waals surface area contributed by atoms with Crippen LogP contribution < -0.4 is 9.47 Å². The number of allylic oxidation sites excluding steroid dienone is 3. The Bertz CT molecular complexity index is 3220. The molecule has 1 N–H and O–H groups in total. The number of aliphatic imine (C=N–C) groups is 1. The minimum Gasteiger partial charge on any atom is -0.486 e. The van der Waals surface area contributed by atoms with Crippen molar-refractivity contribution >= 4 is 88.8 Å². The Morgan fingerprint density at radius 1 is 0.569 bits per heavy atom. The number of thiazole rings is 2. The molecule has 3 aliphatic rings. The van der Waals surface area contributed by atoms with Crippen LogP contribution in [0.2, 0.25) is 0 Å². The molecule has 1 aliphatic carbocycles. The molecule has 11 aromatic rings.